The van der Waals surface area contributed by atoms with Gasteiger partial charge in [-0.15, -0.1) is 6.58 Å². The summed E-state index contributed by atoms with van der Waals surface area (Å²) in [6, 6.07) is 7.11. The number of carbonyl (C=O) groups is 1. The zero-order chi connectivity index (χ0) is 21.8. The van der Waals surface area contributed by atoms with Crippen molar-refractivity contribution in [1.29, 1.82) is 0 Å². The molecular formula is C20H22BrN5O3S. The lowest BCUT2D eigenvalue weighted by Crippen LogP contribution is -2.41. The SMILES string of the molecule is C=CCn1c(=O)c2sc(N(CC)CC)nc2n(CC(=O)Nc2ccc(Br)cc2)c1=O. The summed E-state index contributed by atoms with van der Waals surface area (Å²) in [6.45, 7) is 8.82. The lowest BCUT2D eigenvalue weighted by Gasteiger charge is -2.16. The number of nitrogens with one attached hydrogen (secondary N) is 1. The Bertz CT molecular complexity index is 1190. The minimum Gasteiger partial charge on any atom is -0.349 e. The molecule has 2 aromatic heterocycles. The van der Waals surface area contributed by atoms with Crippen LogP contribution in [0, 0.1) is 0 Å². The van der Waals surface area contributed by atoms with Gasteiger partial charge in [0.15, 0.2) is 10.8 Å². The van der Waals surface area contributed by atoms with Crippen LogP contribution in [0.1, 0.15) is 13.8 Å². The van der Waals surface area contributed by atoms with Crippen molar-refractivity contribution in [3.8, 4) is 0 Å². The Morgan fingerprint density at radius 3 is 2.50 bits per heavy atom. The van der Waals surface area contributed by atoms with Crippen molar-refractivity contribution in [3.63, 3.8) is 0 Å². The molecule has 0 bridgehead atoms. The number of halogens is 1. The van der Waals surface area contributed by atoms with E-state index in [4.69, 9.17) is 0 Å². The van der Waals surface area contributed by atoms with Gasteiger partial charge < -0.3 is 10.2 Å². The average Bonchev–Trinajstić information content (AvgIpc) is 3.16. The van der Waals surface area contributed by atoms with E-state index >= 15 is 0 Å². The highest BCUT2D eigenvalue weighted by Gasteiger charge is 2.20. The van der Waals surface area contributed by atoms with Crippen LogP contribution in [-0.4, -0.2) is 33.1 Å². The molecule has 0 aliphatic rings. The first kappa shape index (κ1) is 22.0. The molecule has 0 radical (unpaired) electrons. The fraction of sp³-hybridized carbons (Fsp3) is 0.300. The molecular weight excluding hydrogens is 470 g/mol. The number of nitrogens with zero attached hydrogens (tertiary/aromatic N) is 4. The normalized spacial score (nSPS) is 10.9. The molecule has 3 rings (SSSR count). The number of hydrogen-bond acceptors (Lipinski definition) is 6. The molecule has 0 atom stereocenters. The summed E-state index contributed by atoms with van der Waals surface area (Å²) in [5.74, 6) is -0.387. The standard InChI is InChI=1S/C20H22BrN5O3S/c1-4-11-25-18(28)16-17(23-19(30-16)24(5-2)6-3)26(20(25)29)12-15(27)22-14-9-7-13(21)8-10-14/h4,7-10H,1,5-6,11-12H2,2-3H3,(H,22,27). The number of thiazole rings is 1. The van der Waals surface area contributed by atoms with Crippen LogP contribution in [-0.2, 0) is 17.9 Å². The van der Waals surface area contributed by atoms with E-state index < -0.39 is 11.2 Å². The Hall–Kier alpha value is -2.72. The predicted octanol–water partition coefficient (Wildman–Crippen LogP) is 3.05. The summed E-state index contributed by atoms with van der Waals surface area (Å²) < 4.78 is 3.56. The van der Waals surface area contributed by atoms with Gasteiger partial charge in [-0.3, -0.25) is 18.7 Å². The van der Waals surface area contributed by atoms with Crippen LogP contribution in [0.25, 0.3) is 10.3 Å². The number of fused-ring (bicyclic) bond motifs is 1. The van der Waals surface area contributed by atoms with Crippen molar-refractivity contribution >= 4 is 54.3 Å². The topological polar surface area (TPSA) is 89.2 Å². The molecule has 0 saturated heterocycles. The molecule has 3 aromatic rings. The molecule has 30 heavy (non-hydrogen) atoms. The number of amides is 1. The van der Waals surface area contributed by atoms with Crippen LogP contribution >= 0.6 is 27.3 Å². The van der Waals surface area contributed by atoms with Crippen LogP contribution in [0.3, 0.4) is 0 Å². The molecule has 2 heterocycles. The zero-order valence-electron chi connectivity index (χ0n) is 16.7. The predicted molar refractivity (Wildman–Crippen MR) is 125 cm³/mol. The van der Waals surface area contributed by atoms with E-state index in [0.717, 1.165) is 9.04 Å². The first-order chi connectivity index (χ1) is 14.4. The third kappa shape index (κ3) is 4.39. The number of anilines is 2. The maximum Gasteiger partial charge on any atom is 0.333 e. The van der Waals surface area contributed by atoms with Crippen molar-refractivity contribution in [2.75, 3.05) is 23.3 Å². The fourth-order valence-electron chi connectivity index (χ4n) is 3.01. The van der Waals surface area contributed by atoms with Crippen LogP contribution in [0.2, 0.25) is 0 Å². The Morgan fingerprint density at radius 1 is 1.23 bits per heavy atom. The summed E-state index contributed by atoms with van der Waals surface area (Å²) in [4.78, 5) is 45.0. The van der Waals surface area contributed by atoms with Crippen molar-refractivity contribution < 1.29 is 4.79 Å². The number of carbonyl (C=O) groups excluding carboxylic acids is 1. The van der Waals surface area contributed by atoms with Crippen LogP contribution < -0.4 is 21.5 Å². The smallest absolute Gasteiger partial charge is 0.333 e. The maximum absolute atomic E-state index is 13.0. The highest BCUT2D eigenvalue weighted by Crippen LogP contribution is 2.25. The highest BCUT2D eigenvalue weighted by molar-refractivity contribution is 9.10. The quantitative estimate of drug-likeness (QED) is 0.489. The molecule has 0 spiro atoms. The van der Waals surface area contributed by atoms with E-state index in [1.165, 1.54) is 22.0 Å². The van der Waals surface area contributed by atoms with E-state index in [0.29, 0.717) is 28.6 Å². The van der Waals surface area contributed by atoms with Gasteiger partial charge >= 0.3 is 5.69 Å². The summed E-state index contributed by atoms with van der Waals surface area (Å²) in [7, 11) is 0. The third-order valence-electron chi connectivity index (χ3n) is 4.53. The van der Waals surface area contributed by atoms with Gasteiger partial charge in [0.05, 0.1) is 0 Å². The summed E-state index contributed by atoms with van der Waals surface area (Å²) in [5.41, 5.74) is -0.178. The first-order valence-corrected chi connectivity index (χ1v) is 11.1. The van der Waals surface area contributed by atoms with Crippen molar-refractivity contribution in [2.45, 2.75) is 26.9 Å². The van der Waals surface area contributed by atoms with E-state index in [1.54, 1.807) is 24.3 Å². The minimum absolute atomic E-state index is 0.0560. The lowest BCUT2D eigenvalue weighted by atomic mass is 10.3. The second-order valence-corrected chi connectivity index (χ2v) is 8.34. The van der Waals surface area contributed by atoms with Crippen molar-refractivity contribution in [1.82, 2.24) is 14.1 Å². The van der Waals surface area contributed by atoms with E-state index in [1.807, 2.05) is 18.7 Å². The van der Waals surface area contributed by atoms with Gasteiger partial charge in [-0.1, -0.05) is 33.3 Å². The molecule has 0 aliphatic heterocycles. The van der Waals surface area contributed by atoms with Crippen LogP contribution in [0.4, 0.5) is 10.8 Å². The average molecular weight is 492 g/mol. The number of hydrogen-bond donors (Lipinski definition) is 1. The molecule has 1 N–H and O–H groups in total. The number of rotatable bonds is 8. The zero-order valence-corrected chi connectivity index (χ0v) is 19.1. The second kappa shape index (κ2) is 9.40. The highest BCUT2D eigenvalue weighted by atomic mass is 79.9. The maximum atomic E-state index is 13.0. The van der Waals surface area contributed by atoms with Crippen molar-refractivity contribution in [3.05, 3.63) is 62.2 Å². The third-order valence-corrected chi connectivity index (χ3v) is 6.15. The first-order valence-electron chi connectivity index (χ1n) is 9.45. The minimum atomic E-state index is -0.588. The summed E-state index contributed by atoms with van der Waals surface area (Å²) >= 11 is 4.57. The Labute approximate surface area is 185 Å². The fourth-order valence-corrected chi connectivity index (χ4v) is 4.42. The van der Waals surface area contributed by atoms with Gasteiger partial charge in [0.1, 0.15) is 11.2 Å². The molecule has 1 amide bonds. The molecule has 0 unspecified atom stereocenters. The molecule has 158 valence electrons. The van der Waals surface area contributed by atoms with E-state index in [-0.39, 0.29) is 24.6 Å². The van der Waals surface area contributed by atoms with Crippen LogP contribution in [0.15, 0.2) is 51.0 Å². The van der Waals surface area contributed by atoms with Gasteiger partial charge in [-0.2, -0.15) is 0 Å². The number of aromatic nitrogens is 3. The van der Waals surface area contributed by atoms with Gasteiger partial charge in [-0.05, 0) is 38.1 Å². The van der Waals surface area contributed by atoms with Crippen LogP contribution in [0.5, 0.6) is 0 Å². The monoisotopic (exact) mass is 491 g/mol. The van der Waals surface area contributed by atoms with Gasteiger partial charge in [0.25, 0.3) is 5.56 Å². The summed E-state index contributed by atoms with van der Waals surface area (Å²) in [6.07, 6.45) is 1.48. The van der Waals surface area contributed by atoms with E-state index in [9.17, 15) is 14.4 Å². The molecule has 1 aromatic carbocycles. The van der Waals surface area contributed by atoms with Gasteiger partial charge in [0, 0.05) is 29.8 Å². The lowest BCUT2D eigenvalue weighted by molar-refractivity contribution is -0.116. The Kier molecular flexibility index (Phi) is 6.88. The molecule has 0 aliphatic carbocycles. The molecule has 8 nitrogen and oxygen atoms in total. The van der Waals surface area contributed by atoms with E-state index in [2.05, 4.69) is 32.8 Å². The number of allylic oxidation sites excluding steroid dienone is 1. The molecule has 10 heteroatoms. The second-order valence-electron chi connectivity index (χ2n) is 6.45. The van der Waals surface area contributed by atoms with Crippen molar-refractivity contribution in [2.24, 2.45) is 0 Å². The summed E-state index contributed by atoms with van der Waals surface area (Å²) in [5, 5.41) is 3.41. The molecule has 0 saturated carbocycles. The Morgan fingerprint density at radius 2 is 1.90 bits per heavy atom. The van der Waals surface area contributed by atoms with Gasteiger partial charge in [-0.25, -0.2) is 9.78 Å². The molecule has 0 fully saturated rings. The Balaban J connectivity index is 2.07. The number of benzene rings is 1. The largest absolute Gasteiger partial charge is 0.349 e. The van der Waals surface area contributed by atoms with Gasteiger partial charge in [0.2, 0.25) is 5.91 Å².